The van der Waals surface area contributed by atoms with Crippen LogP contribution in [-0.2, 0) is 9.47 Å². The van der Waals surface area contributed by atoms with E-state index in [2.05, 4.69) is 26.5 Å². The molecule has 0 aliphatic carbocycles. The Morgan fingerprint density at radius 2 is 1.58 bits per heavy atom. The van der Waals surface area contributed by atoms with Gasteiger partial charge < -0.3 is 9.47 Å². The first-order valence-corrected chi connectivity index (χ1v) is 5.10. The second-order valence-electron chi connectivity index (χ2n) is 2.88. The number of hydrogen-bond acceptors (Lipinski definition) is 3. The van der Waals surface area contributed by atoms with Crippen LogP contribution in [0.25, 0.3) is 0 Å². The Bertz CT molecular complexity index is 103. The van der Waals surface area contributed by atoms with Crippen LogP contribution >= 0.6 is 12.6 Å². The minimum Gasteiger partial charge on any atom is -0.350 e. The minimum absolute atomic E-state index is 0.0608. The lowest BCUT2D eigenvalue weighted by atomic mass is 10.2. The Morgan fingerprint density at radius 3 is 1.92 bits per heavy atom. The molecule has 0 N–H and O–H groups in total. The molecule has 2 nitrogen and oxygen atoms in total. The molecule has 0 aliphatic rings. The predicted octanol–water partition coefficient (Wildman–Crippen LogP) is 2.83. The summed E-state index contributed by atoms with van der Waals surface area (Å²) in [5, 5.41) is 0. The lowest BCUT2D eigenvalue weighted by Gasteiger charge is -2.21. The Kier molecular flexibility index (Phi) is 6.90. The van der Waals surface area contributed by atoms with Crippen LogP contribution in [0.4, 0.5) is 0 Å². The first-order chi connectivity index (χ1) is 5.60. The molecule has 0 saturated heterocycles. The van der Waals surface area contributed by atoms with Crippen LogP contribution in [0.2, 0.25) is 0 Å². The van der Waals surface area contributed by atoms with E-state index in [9.17, 15) is 0 Å². The van der Waals surface area contributed by atoms with Gasteiger partial charge in [0.15, 0.2) is 6.29 Å². The highest BCUT2D eigenvalue weighted by molar-refractivity contribution is 7.80. The molecule has 12 heavy (non-hydrogen) atoms. The van der Waals surface area contributed by atoms with Gasteiger partial charge in [-0.3, -0.25) is 0 Å². The van der Waals surface area contributed by atoms with Crippen LogP contribution < -0.4 is 0 Å². The fourth-order valence-corrected chi connectivity index (χ4v) is 1.23. The largest absolute Gasteiger partial charge is 0.350 e. The molecule has 0 saturated carbocycles. The summed E-state index contributed by atoms with van der Waals surface area (Å²) in [5.41, 5.74) is -0.0608. The fourth-order valence-electron chi connectivity index (χ4n) is 1.06. The average molecular weight is 192 g/mol. The third-order valence-corrected chi connectivity index (χ3v) is 1.81. The first-order valence-electron chi connectivity index (χ1n) is 4.59. The van der Waals surface area contributed by atoms with Crippen LogP contribution in [0.5, 0.6) is 0 Å². The molecule has 0 aromatic carbocycles. The molecular weight excluding hydrogens is 172 g/mol. The van der Waals surface area contributed by atoms with Gasteiger partial charge in [-0.25, -0.2) is 0 Å². The summed E-state index contributed by atoms with van der Waals surface area (Å²) >= 11 is 4.12. The number of ether oxygens (including phenoxy) is 2. The third-order valence-electron chi connectivity index (χ3n) is 1.68. The lowest BCUT2D eigenvalue weighted by molar-refractivity contribution is -0.164. The fraction of sp³-hybridized carbons (Fsp3) is 1.00. The van der Waals surface area contributed by atoms with Crippen LogP contribution in [0.3, 0.4) is 0 Å². The Labute approximate surface area is 81.0 Å². The number of rotatable bonds is 6. The monoisotopic (exact) mass is 192 g/mol. The van der Waals surface area contributed by atoms with Gasteiger partial charge in [0.2, 0.25) is 0 Å². The van der Waals surface area contributed by atoms with Crippen molar-refractivity contribution in [2.75, 3.05) is 0 Å². The number of hydrogen-bond donors (Lipinski definition) is 1. The predicted molar refractivity (Wildman–Crippen MR) is 54.5 cm³/mol. The van der Waals surface area contributed by atoms with Crippen molar-refractivity contribution in [3.05, 3.63) is 0 Å². The first kappa shape index (κ1) is 12.3. The summed E-state index contributed by atoms with van der Waals surface area (Å²) in [4.78, 5) is 0. The van der Waals surface area contributed by atoms with Gasteiger partial charge in [-0.1, -0.05) is 13.8 Å². The highest BCUT2D eigenvalue weighted by Gasteiger charge is 2.10. The van der Waals surface area contributed by atoms with E-state index < -0.39 is 0 Å². The molecule has 3 heteroatoms. The van der Waals surface area contributed by atoms with Gasteiger partial charge in [0.1, 0.15) is 5.44 Å². The zero-order valence-electron chi connectivity index (χ0n) is 8.41. The van der Waals surface area contributed by atoms with E-state index in [1.54, 1.807) is 0 Å². The highest BCUT2D eigenvalue weighted by Crippen LogP contribution is 2.09. The molecule has 2 atom stereocenters. The van der Waals surface area contributed by atoms with Crippen molar-refractivity contribution in [1.29, 1.82) is 0 Å². The maximum atomic E-state index is 5.59. The summed E-state index contributed by atoms with van der Waals surface area (Å²) in [6, 6.07) is 0. The van der Waals surface area contributed by atoms with Crippen LogP contribution in [-0.4, -0.2) is 17.8 Å². The number of thiol groups is 1. The molecule has 0 fully saturated rings. The summed E-state index contributed by atoms with van der Waals surface area (Å²) in [6.07, 6.45) is 2.23. The molecule has 0 radical (unpaired) electrons. The van der Waals surface area contributed by atoms with Crippen molar-refractivity contribution in [2.24, 2.45) is 0 Å². The molecule has 0 amide bonds. The third kappa shape index (κ3) is 5.86. The summed E-state index contributed by atoms with van der Waals surface area (Å²) in [5.74, 6) is 0. The topological polar surface area (TPSA) is 18.5 Å². The van der Waals surface area contributed by atoms with Crippen molar-refractivity contribution in [3.63, 3.8) is 0 Å². The van der Waals surface area contributed by atoms with Gasteiger partial charge >= 0.3 is 0 Å². The maximum absolute atomic E-state index is 5.59. The van der Waals surface area contributed by atoms with E-state index in [1.165, 1.54) is 0 Å². The van der Waals surface area contributed by atoms with E-state index in [1.807, 2.05) is 13.8 Å². The molecule has 0 bridgehead atoms. The molecular formula is C9H20O2S. The van der Waals surface area contributed by atoms with Crippen LogP contribution in [0, 0.1) is 0 Å². The maximum Gasteiger partial charge on any atom is 0.156 e. The Morgan fingerprint density at radius 1 is 1.08 bits per heavy atom. The van der Waals surface area contributed by atoms with Crippen molar-refractivity contribution in [2.45, 2.75) is 58.4 Å². The van der Waals surface area contributed by atoms with Crippen molar-refractivity contribution in [1.82, 2.24) is 0 Å². The standard InChI is InChI=1S/C9H20O2S/c1-5-9(6-2)11-7(3)10-8(4)12/h7-9,12H,5-6H2,1-4H3. The normalized spacial score (nSPS) is 16.5. The van der Waals surface area contributed by atoms with E-state index >= 15 is 0 Å². The molecule has 2 unspecified atom stereocenters. The van der Waals surface area contributed by atoms with Gasteiger partial charge in [-0.15, -0.1) is 12.6 Å². The zero-order valence-corrected chi connectivity index (χ0v) is 9.30. The van der Waals surface area contributed by atoms with E-state index in [-0.39, 0.29) is 11.7 Å². The molecule has 0 spiro atoms. The second kappa shape index (κ2) is 6.75. The molecule has 0 aliphatic heterocycles. The lowest BCUT2D eigenvalue weighted by Crippen LogP contribution is -2.23. The van der Waals surface area contributed by atoms with Crippen LogP contribution in [0.1, 0.15) is 40.5 Å². The van der Waals surface area contributed by atoms with E-state index in [4.69, 9.17) is 9.47 Å². The van der Waals surface area contributed by atoms with Crippen molar-refractivity contribution < 1.29 is 9.47 Å². The SMILES string of the molecule is CCC(CC)OC(C)OC(C)S. The van der Waals surface area contributed by atoms with Crippen molar-refractivity contribution >= 4 is 12.6 Å². The molecule has 0 aromatic heterocycles. The highest BCUT2D eigenvalue weighted by atomic mass is 32.1. The van der Waals surface area contributed by atoms with Crippen molar-refractivity contribution in [3.8, 4) is 0 Å². The van der Waals surface area contributed by atoms with Gasteiger partial charge in [0.05, 0.1) is 6.10 Å². The second-order valence-corrected chi connectivity index (χ2v) is 3.60. The Hall–Kier alpha value is 0.270. The van der Waals surface area contributed by atoms with Gasteiger partial charge in [-0.05, 0) is 26.7 Å². The smallest absolute Gasteiger partial charge is 0.156 e. The average Bonchev–Trinajstić information content (AvgIpc) is 1.98. The van der Waals surface area contributed by atoms with Gasteiger partial charge in [-0.2, -0.15) is 0 Å². The summed E-state index contributed by atoms with van der Waals surface area (Å²) in [6.45, 7) is 8.02. The van der Waals surface area contributed by atoms with Crippen LogP contribution in [0.15, 0.2) is 0 Å². The molecule has 0 aromatic rings. The summed E-state index contributed by atoms with van der Waals surface area (Å²) in [7, 11) is 0. The zero-order chi connectivity index (χ0) is 9.56. The quantitative estimate of drug-likeness (QED) is 0.515. The summed E-state index contributed by atoms with van der Waals surface area (Å²) < 4.78 is 10.9. The van der Waals surface area contributed by atoms with E-state index in [0.717, 1.165) is 12.8 Å². The minimum atomic E-state index is -0.151. The van der Waals surface area contributed by atoms with E-state index in [0.29, 0.717) is 6.10 Å². The molecule has 74 valence electrons. The molecule has 0 heterocycles. The molecule has 0 rings (SSSR count). The Balaban J connectivity index is 3.58. The van der Waals surface area contributed by atoms with Gasteiger partial charge in [0.25, 0.3) is 0 Å². The van der Waals surface area contributed by atoms with Gasteiger partial charge in [0, 0.05) is 0 Å².